The van der Waals surface area contributed by atoms with E-state index < -0.39 is 48.1 Å². The summed E-state index contributed by atoms with van der Waals surface area (Å²) in [7, 11) is 0. The highest BCUT2D eigenvalue weighted by atomic mass is 19.2. The van der Waals surface area contributed by atoms with Gasteiger partial charge in [0.15, 0.2) is 29.7 Å². The van der Waals surface area contributed by atoms with Crippen LogP contribution in [0.25, 0.3) is 0 Å². The van der Waals surface area contributed by atoms with Gasteiger partial charge in [-0.1, -0.05) is 0 Å². The number of nitrogen functional groups attached to an aromatic ring is 1. The first-order valence-corrected chi connectivity index (χ1v) is 5.42. The molecule has 1 aliphatic heterocycles. The lowest BCUT2D eigenvalue weighted by atomic mass is 9.98. The number of anilines is 1. The topological polar surface area (TPSA) is 90.4 Å². The van der Waals surface area contributed by atoms with Crippen LogP contribution in [0.3, 0.4) is 0 Å². The molecule has 1 aliphatic rings. The van der Waals surface area contributed by atoms with E-state index in [9.17, 15) is 18.0 Å². The average molecular weight is 279 g/mol. The number of ether oxygens (including phenoxy) is 1. The molecule has 2 rings (SSSR count). The molecule has 6 nitrogen and oxygen atoms in total. The average Bonchev–Trinajstić information content (AvgIpc) is 2.56. The van der Waals surface area contributed by atoms with Gasteiger partial charge in [-0.2, -0.15) is 4.98 Å². The number of aliphatic hydroxyl groups is 1. The highest BCUT2D eigenvalue weighted by Gasteiger charge is 2.56. The number of halogens is 3. The van der Waals surface area contributed by atoms with Crippen molar-refractivity contribution in [1.82, 2.24) is 9.55 Å². The van der Waals surface area contributed by atoms with Crippen LogP contribution in [0.1, 0.15) is 13.2 Å². The van der Waals surface area contributed by atoms with Crippen LogP contribution >= 0.6 is 0 Å². The van der Waals surface area contributed by atoms with E-state index in [0.717, 1.165) is 6.92 Å². The van der Waals surface area contributed by atoms with Crippen LogP contribution in [-0.4, -0.2) is 39.2 Å². The van der Waals surface area contributed by atoms with Crippen LogP contribution in [0.15, 0.2) is 11.0 Å². The zero-order chi connectivity index (χ0) is 14.4. The smallest absolute Gasteiger partial charge is 0.351 e. The Morgan fingerprint density at radius 1 is 1.68 bits per heavy atom. The largest absolute Gasteiger partial charge is 0.394 e. The minimum Gasteiger partial charge on any atom is -0.394 e. The second-order valence-corrected chi connectivity index (χ2v) is 4.41. The van der Waals surface area contributed by atoms with Gasteiger partial charge in [0.2, 0.25) is 0 Å². The minimum absolute atomic E-state index is 0.476. The fourth-order valence-electron chi connectivity index (χ4n) is 1.89. The molecule has 0 bridgehead atoms. The maximum absolute atomic E-state index is 14.0. The van der Waals surface area contributed by atoms with Crippen LogP contribution < -0.4 is 11.4 Å². The van der Waals surface area contributed by atoms with Crippen molar-refractivity contribution in [2.24, 2.45) is 0 Å². The molecular formula is C10H12F3N3O3. The van der Waals surface area contributed by atoms with Gasteiger partial charge in [-0.15, -0.1) is 0 Å². The van der Waals surface area contributed by atoms with Gasteiger partial charge in [0.05, 0.1) is 12.8 Å². The van der Waals surface area contributed by atoms with Crippen LogP contribution in [0.2, 0.25) is 0 Å². The van der Waals surface area contributed by atoms with Gasteiger partial charge in [0.1, 0.15) is 6.10 Å². The molecule has 0 radical (unpaired) electrons. The van der Waals surface area contributed by atoms with Gasteiger partial charge in [0.25, 0.3) is 0 Å². The van der Waals surface area contributed by atoms with E-state index in [-0.39, 0.29) is 0 Å². The third-order valence-corrected chi connectivity index (χ3v) is 3.10. The first-order valence-electron chi connectivity index (χ1n) is 5.42. The lowest BCUT2D eigenvalue weighted by Crippen LogP contribution is -2.40. The normalized spacial score (nSPS) is 34.7. The Hall–Kier alpha value is -1.61. The Bertz CT molecular complexity index is 549. The fraction of sp³-hybridized carbons (Fsp3) is 0.600. The van der Waals surface area contributed by atoms with Crippen molar-refractivity contribution in [2.45, 2.75) is 31.1 Å². The van der Waals surface area contributed by atoms with Crippen LogP contribution in [0, 0.1) is 5.82 Å². The number of hydrogen-bond donors (Lipinski definition) is 2. The van der Waals surface area contributed by atoms with Crippen molar-refractivity contribution in [1.29, 1.82) is 0 Å². The number of nitrogens with zero attached hydrogens (tertiary/aromatic N) is 2. The van der Waals surface area contributed by atoms with Crippen molar-refractivity contribution in [3.05, 3.63) is 22.5 Å². The zero-order valence-electron chi connectivity index (χ0n) is 9.89. The maximum atomic E-state index is 14.0. The second-order valence-electron chi connectivity index (χ2n) is 4.41. The Labute approximate surface area is 105 Å². The van der Waals surface area contributed by atoms with E-state index in [4.69, 9.17) is 15.6 Å². The van der Waals surface area contributed by atoms with E-state index in [1.165, 1.54) is 0 Å². The molecule has 3 N–H and O–H groups in total. The number of aromatic nitrogens is 2. The summed E-state index contributed by atoms with van der Waals surface area (Å²) in [6, 6.07) is 0. The van der Waals surface area contributed by atoms with Crippen molar-refractivity contribution >= 4 is 5.82 Å². The first-order chi connectivity index (χ1) is 8.78. The van der Waals surface area contributed by atoms with Crippen molar-refractivity contribution < 1.29 is 23.0 Å². The summed E-state index contributed by atoms with van der Waals surface area (Å²) in [5, 5.41) is 8.92. The summed E-state index contributed by atoms with van der Waals surface area (Å²) in [5.74, 6) is -1.69. The first kappa shape index (κ1) is 13.8. The molecule has 9 heteroatoms. The molecule has 0 amide bonds. The Morgan fingerprint density at radius 3 is 2.84 bits per heavy atom. The number of nitrogens with two attached hydrogens (primary N) is 1. The Kier molecular flexibility index (Phi) is 3.27. The molecule has 1 aromatic heterocycles. The summed E-state index contributed by atoms with van der Waals surface area (Å²) >= 11 is 0. The summed E-state index contributed by atoms with van der Waals surface area (Å²) in [5.41, 5.74) is 1.51. The summed E-state index contributed by atoms with van der Waals surface area (Å²) in [6.07, 6.45) is -4.83. The molecule has 4 unspecified atom stereocenters. The molecule has 0 spiro atoms. The van der Waals surface area contributed by atoms with Crippen molar-refractivity contribution in [3.63, 3.8) is 0 Å². The van der Waals surface area contributed by atoms with Gasteiger partial charge in [-0.25, -0.2) is 18.0 Å². The molecule has 19 heavy (non-hydrogen) atoms. The monoisotopic (exact) mass is 279 g/mol. The lowest BCUT2D eigenvalue weighted by molar-refractivity contribution is -0.0534. The van der Waals surface area contributed by atoms with E-state index in [2.05, 4.69) is 4.98 Å². The highest BCUT2D eigenvalue weighted by Crippen LogP contribution is 2.41. The Morgan fingerprint density at radius 2 is 2.32 bits per heavy atom. The number of hydrogen-bond acceptors (Lipinski definition) is 5. The number of alkyl halides is 2. The minimum atomic E-state index is -2.50. The highest BCUT2D eigenvalue weighted by molar-refractivity contribution is 5.26. The molecule has 106 valence electrons. The van der Waals surface area contributed by atoms with Gasteiger partial charge < -0.3 is 15.6 Å². The van der Waals surface area contributed by atoms with Crippen LogP contribution in [0.5, 0.6) is 0 Å². The van der Waals surface area contributed by atoms with Gasteiger partial charge in [-0.3, -0.25) is 4.57 Å². The number of rotatable bonds is 2. The predicted molar refractivity (Wildman–Crippen MR) is 58.3 cm³/mol. The third kappa shape index (κ3) is 2.08. The summed E-state index contributed by atoms with van der Waals surface area (Å²) in [4.78, 5) is 14.6. The molecule has 0 aliphatic carbocycles. The molecule has 1 aromatic rings. The summed E-state index contributed by atoms with van der Waals surface area (Å²) < 4.78 is 46.6. The predicted octanol–water partition coefficient (Wildman–Crippen LogP) is -0.0794. The molecule has 1 saturated heterocycles. The van der Waals surface area contributed by atoms with E-state index in [1.807, 2.05) is 0 Å². The van der Waals surface area contributed by atoms with Crippen molar-refractivity contribution in [2.75, 3.05) is 12.3 Å². The maximum Gasteiger partial charge on any atom is 0.351 e. The molecule has 4 atom stereocenters. The second kappa shape index (κ2) is 4.49. The summed E-state index contributed by atoms with van der Waals surface area (Å²) in [6.45, 7) is 0.119. The lowest BCUT2D eigenvalue weighted by Gasteiger charge is -2.20. The molecule has 0 aromatic carbocycles. The number of aliphatic hydroxyl groups excluding tert-OH is 1. The van der Waals surface area contributed by atoms with E-state index >= 15 is 0 Å². The van der Waals surface area contributed by atoms with Crippen molar-refractivity contribution in [3.8, 4) is 0 Å². The van der Waals surface area contributed by atoms with Gasteiger partial charge in [-0.05, 0) is 6.92 Å². The van der Waals surface area contributed by atoms with Crippen LogP contribution in [0.4, 0.5) is 19.0 Å². The standard InChI is InChI=1S/C10H12F3N3O3/c1-10(13)5(3-17)19-8(6(10)12)16-2-4(11)7(14)15-9(16)18/h2,5-6,8,17H,3H2,1H3,(H2,14,15,18). The van der Waals surface area contributed by atoms with E-state index in [1.54, 1.807) is 0 Å². The zero-order valence-corrected chi connectivity index (χ0v) is 9.89. The van der Waals surface area contributed by atoms with Gasteiger partial charge in [0, 0.05) is 0 Å². The van der Waals surface area contributed by atoms with Crippen LogP contribution in [-0.2, 0) is 4.74 Å². The fourth-order valence-corrected chi connectivity index (χ4v) is 1.89. The van der Waals surface area contributed by atoms with E-state index in [0.29, 0.717) is 10.8 Å². The molecular weight excluding hydrogens is 267 g/mol. The SMILES string of the molecule is CC1(F)C(CO)OC(n2cc(F)c(N)nc2=O)C1F. The Balaban J connectivity index is 2.44. The van der Waals surface area contributed by atoms with Gasteiger partial charge >= 0.3 is 5.69 Å². The molecule has 1 fully saturated rings. The molecule has 0 saturated carbocycles. The molecule has 2 heterocycles. The quantitative estimate of drug-likeness (QED) is 0.790. The third-order valence-electron chi connectivity index (χ3n) is 3.10.